The fourth-order valence-electron chi connectivity index (χ4n) is 1.01. The second kappa shape index (κ2) is 9.12. The third-order valence-electron chi connectivity index (χ3n) is 1.99. The van der Waals surface area contributed by atoms with Crippen LogP contribution in [0.4, 0.5) is 13.2 Å². The van der Waals surface area contributed by atoms with E-state index in [1.807, 2.05) is 0 Å². The largest absolute Gasteiger partial charge is 0.481 e. The molecule has 5 nitrogen and oxygen atoms in total. The van der Waals surface area contributed by atoms with Gasteiger partial charge in [-0.3, -0.25) is 4.79 Å². The second-order valence-corrected chi connectivity index (χ2v) is 3.47. The number of hydrogen-bond acceptors (Lipinski definition) is 4. The average Bonchev–Trinajstić information content (AvgIpc) is 2.24. The molecule has 0 saturated heterocycles. The summed E-state index contributed by atoms with van der Waals surface area (Å²) < 4.78 is 51.0. The lowest BCUT2D eigenvalue weighted by Crippen LogP contribution is -2.34. The number of methoxy groups -OCH3 is 1. The number of rotatable bonds is 10. The van der Waals surface area contributed by atoms with Gasteiger partial charge in [0.05, 0.1) is 19.8 Å². The molecule has 0 amide bonds. The Morgan fingerprint density at radius 1 is 1.17 bits per heavy atom. The summed E-state index contributed by atoms with van der Waals surface area (Å²) in [5.41, 5.74) is 0. The van der Waals surface area contributed by atoms with Crippen LogP contribution in [0.1, 0.15) is 6.42 Å². The molecule has 108 valence electrons. The Kier molecular flexibility index (Phi) is 8.69. The van der Waals surface area contributed by atoms with Gasteiger partial charge in [-0.25, -0.2) is 0 Å². The number of aliphatic carboxylic acids is 1. The Morgan fingerprint density at radius 3 is 2.28 bits per heavy atom. The predicted octanol–water partition coefficient (Wildman–Crippen LogP) is 1.32. The molecule has 0 aromatic carbocycles. The van der Waals surface area contributed by atoms with Crippen LogP contribution in [0.5, 0.6) is 0 Å². The number of ether oxygens (including phenoxy) is 3. The van der Waals surface area contributed by atoms with Crippen molar-refractivity contribution in [3.05, 3.63) is 0 Å². The van der Waals surface area contributed by atoms with Gasteiger partial charge >= 0.3 is 12.1 Å². The molecule has 1 N–H and O–H groups in total. The highest BCUT2D eigenvalue weighted by Gasteiger charge is 2.45. The highest BCUT2D eigenvalue weighted by atomic mass is 19.4. The molecule has 1 unspecified atom stereocenters. The normalized spacial score (nSPS) is 13.6. The van der Waals surface area contributed by atoms with Gasteiger partial charge in [-0.2, -0.15) is 13.2 Å². The smallest absolute Gasteiger partial charge is 0.404 e. The molecular weight excluding hydrogens is 257 g/mol. The van der Waals surface area contributed by atoms with Crippen LogP contribution >= 0.6 is 0 Å². The van der Waals surface area contributed by atoms with E-state index >= 15 is 0 Å². The van der Waals surface area contributed by atoms with Gasteiger partial charge in [-0.1, -0.05) is 0 Å². The number of carboxylic acid groups (broad SMARTS) is 1. The van der Waals surface area contributed by atoms with Crippen molar-refractivity contribution in [3.63, 3.8) is 0 Å². The van der Waals surface area contributed by atoms with Gasteiger partial charge in [-0.15, -0.1) is 0 Å². The van der Waals surface area contributed by atoms with E-state index in [1.165, 1.54) is 7.11 Å². The Bertz CT molecular complexity index is 232. The first kappa shape index (κ1) is 17.1. The highest BCUT2D eigenvalue weighted by molar-refractivity contribution is 5.71. The van der Waals surface area contributed by atoms with Gasteiger partial charge in [-0.05, 0) is 6.42 Å². The van der Waals surface area contributed by atoms with Gasteiger partial charge in [0.15, 0.2) is 5.92 Å². The standard InChI is InChI=1S/C10H17F3O5/c1-16-5-6-17-3-2-4-18-7-8(9(14)15)10(11,12)13/h8H,2-7H2,1H3,(H,14,15). The maximum atomic E-state index is 12.2. The number of carbonyl (C=O) groups is 1. The van der Waals surface area contributed by atoms with E-state index in [9.17, 15) is 18.0 Å². The molecule has 0 aliphatic carbocycles. The van der Waals surface area contributed by atoms with E-state index in [4.69, 9.17) is 14.6 Å². The predicted molar refractivity (Wildman–Crippen MR) is 55.3 cm³/mol. The molecule has 0 bridgehead atoms. The van der Waals surface area contributed by atoms with Crippen molar-refractivity contribution in [2.75, 3.05) is 40.1 Å². The second-order valence-electron chi connectivity index (χ2n) is 3.47. The molecular formula is C10H17F3O5. The molecule has 0 aromatic rings. The van der Waals surface area contributed by atoms with Crippen LogP contribution in [-0.2, 0) is 19.0 Å². The summed E-state index contributed by atoms with van der Waals surface area (Å²) in [7, 11) is 1.52. The number of halogens is 3. The summed E-state index contributed by atoms with van der Waals surface area (Å²) in [6.45, 7) is 0.309. The first-order valence-electron chi connectivity index (χ1n) is 5.33. The van der Waals surface area contributed by atoms with Crippen molar-refractivity contribution in [3.8, 4) is 0 Å². The minimum atomic E-state index is -4.79. The SMILES string of the molecule is COCCOCCCOCC(C(=O)O)C(F)(F)F. The Labute approximate surface area is 103 Å². The fourth-order valence-corrected chi connectivity index (χ4v) is 1.01. The quantitative estimate of drug-likeness (QED) is 0.609. The van der Waals surface area contributed by atoms with Crippen molar-refractivity contribution >= 4 is 5.97 Å². The first-order valence-corrected chi connectivity index (χ1v) is 5.33. The summed E-state index contributed by atoms with van der Waals surface area (Å²) in [6.07, 6.45) is -4.39. The number of alkyl halides is 3. The summed E-state index contributed by atoms with van der Waals surface area (Å²) in [6, 6.07) is 0. The molecule has 0 aliphatic heterocycles. The van der Waals surface area contributed by atoms with Gasteiger partial charge in [0, 0.05) is 20.3 Å². The van der Waals surface area contributed by atoms with Crippen molar-refractivity contribution in [2.24, 2.45) is 5.92 Å². The van der Waals surface area contributed by atoms with Gasteiger partial charge < -0.3 is 19.3 Å². The minimum Gasteiger partial charge on any atom is -0.481 e. The molecule has 0 spiro atoms. The fraction of sp³-hybridized carbons (Fsp3) is 0.900. The van der Waals surface area contributed by atoms with Gasteiger partial charge in [0.2, 0.25) is 0 Å². The Balaban J connectivity index is 3.60. The van der Waals surface area contributed by atoms with Crippen LogP contribution in [0.2, 0.25) is 0 Å². The third kappa shape index (κ3) is 8.26. The highest BCUT2D eigenvalue weighted by Crippen LogP contribution is 2.26. The average molecular weight is 274 g/mol. The maximum absolute atomic E-state index is 12.2. The molecule has 0 fully saturated rings. The van der Waals surface area contributed by atoms with Crippen molar-refractivity contribution in [2.45, 2.75) is 12.6 Å². The Morgan fingerprint density at radius 2 is 1.78 bits per heavy atom. The lowest BCUT2D eigenvalue weighted by Gasteiger charge is -2.15. The first-order chi connectivity index (χ1) is 8.39. The zero-order valence-corrected chi connectivity index (χ0v) is 10.0. The zero-order valence-electron chi connectivity index (χ0n) is 10.0. The number of hydrogen-bond donors (Lipinski definition) is 1. The summed E-state index contributed by atoms with van der Waals surface area (Å²) >= 11 is 0. The van der Waals surface area contributed by atoms with Crippen LogP contribution in [0.15, 0.2) is 0 Å². The van der Waals surface area contributed by atoms with Gasteiger partial charge in [0.1, 0.15) is 0 Å². The molecule has 0 saturated carbocycles. The molecule has 1 atom stereocenters. The van der Waals surface area contributed by atoms with Crippen LogP contribution < -0.4 is 0 Å². The minimum absolute atomic E-state index is 0.0207. The van der Waals surface area contributed by atoms with Crippen LogP contribution in [0.3, 0.4) is 0 Å². The van der Waals surface area contributed by atoms with Crippen molar-refractivity contribution in [1.29, 1.82) is 0 Å². The molecule has 8 heteroatoms. The molecule has 0 aromatic heterocycles. The monoisotopic (exact) mass is 274 g/mol. The molecule has 0 aliphatic rings. The summed E-state index contributed by atoms with van der Waals surface area (Å²) in [5.74, 6) is -4.41. The van der Waals surface area contributed by atoms with Crippen molar-refractivity contribution < 1.29 is 37.3 Å². The number of carboxylic acids is 1. The van der Waals surface area contributed by atoms with Gasteiger partial charge in [0.25, 0.3) is 0 Å². The van der Waals surface area contributed by atoms with Crippen LogP contribution in [0, 0.1) is 5.92 Å². The topological polar surface area (TPSA) is 65.0 Å². The Hall–Kier alpha value is -0.860. The lowest BCUT2D eigenvalue weighted by molar-refractivity contribution is -0.202. The summed E-state index contributed by atoms with van der Waals surface area (Å²) in [4.78, 5) is 10.3. The van der Waals surface area contributed by atoms with E-state index in [-0.39, 0.29) is 6.61 Å². The maximum Gasteiger partial charge on any atom is 0.404 e. The third-order valence-corrected chi connectivity index (χ3v) is 1.99. The lowest BCUT2D eigenvalue weighted by atomic mass is 10.1. The van der Waals surface area contributed by atoms with E-state index in [1.54, 1.807) is 0 Å². The van der Waals surface area contributed by atoms with E-state index in [0.717, 1.165) is 0 Å². The van der Waals surface area contributed by atoms with E-state index in [2.05, 4.69) is 4.74 Å². The van der Waals surface area contributed by atoms with Crippen molar-refractivity contribution in [1.82, 2.24) is 0 Å². The molecule has 0 rings (SSSR count). The van der Waals surface area contributed by atoms with E-state index < -0.39 is 24.7 Å². The molecule has 0 heterocycles. The van der Waals surface area contributed by atoms with E-state index in [0.29, 0.717) is 26.2 Å². The zero-order chi connectivity index (χ0) is 14.0. The molecule has 18 heavy (non-hydrogen) atoms. The van der Waals surface area contributed by atoms with Crippen LogP contribution in [-0.4, -0.2) is 57.4 Å². The summed E-state index contributed by atoms with van der Waals surface area (Å²) in [5, 5.41) is 8.37. The molecule has 0 radical (unpaired) electrons. The van der Waals surface area contributed by atoms with Crippen LogP contribution in [0.25, 0.3) is 0 Å².